The van der Waals surface area contributed by atoms with Gasteiger partial charge < -0.3 is 20.3 Å². The first kappa shape index (κ1) is 19.5. The quantitative estimate of drug-likeness (QED) is 0.582. The van der Waals surface area contributed by atoms with Gasteiger partial charge in [0, 0.05) is 43.0 Å². The van der Waals surface area contributed by atoms with Gasteiger partial charge in [-0.05, 0) is 25.1 Å². The van der Waals surface area contributed by atoms with Crippen molar-refractivity contribution in [2.75, 3.05) is 31.1 Å². The topological polar surface area (TPSA) is 110 Å². The molecule has 10 heteroatoms. The second-order valence-electron chi connectivity index (χ2n) is 7.39. The molecule has 2 fully saturated rings. The van der Waals surface area contributed by atoms with E-state index in [1.807, 2.05) is 11.8 Å². The fraction of sp³-hybridized carbons (Fsp3) is 0.474. The number of nitro benzene ring substituents is 1. The van der Waals surface area contributed by atoms with Crippen molar-refractivity contribution in [1.82, 2.24) is 15.6 Å². The van der Waals surface area contributed by atoms with Crippen LogP contribution in [-0.2, 0) is 9.53 Å². The molecule has 9 nitrogen and oxygen atoms in total. The number of amides is 1. The molecule has 1 aromatic heterocycles. The fourth-order valence-corrected chi connectivity index (χ4v) is 3.92. The normalized spacial score (nSPS) is 27.2. The summed E-state index contributed by atoms with van der Waals surface area (Å²) in [4.78, 5) is 29.7. The van der Waals surface area contributed by atoms with Gasteiger partial charge in [0.25, 0.3) is 11.6 Å². The minimum absolute atomic E-state index is 0.0670. The molecule has 2 aliphatic rings. The Kier molecular flexibility index (Phi) is 5.29. The zero-order valence-electron chi connectivity index (χ0n) is 15.9. The van der Waals surface area contributed by atoms with E-state index in [1.54, 1.807) is 18.2 Å². The van der Waals surface area contributed by atoms with Crippen LogP contribution < -0.4 is 15.5 Å². The molecule has 2 aromatic rings. The molecule has 4 unspecified atom stereocenters. The molecular formula is C19H22FN5O4. The monoisotopic (exact) mass is 403 g/mol. The van der Waals surface area contributed by atoms with Crippen molar-refractivity contribution in [1.29, 1.82) is 0 Å². The van der Waals surface area contributed by atoms with E-state index < -0.39 is 23.2 Å². The number of morpholine rings is 1. The Hall–Kier alpha value is -2.85. The third-order valence-electron chi connectivity index (χ3n) is 5.28. The maximum Gasteiger partial charge on any atom is 0.295 e. The molecule has 3 heterocycles. The molecule has 2 aliphatic heterocycles. The number of halogens is 1. The third-order valence-corrected chi connectivity index (χ3v) is 5.28. The number of carbonyl (C=O) groups is 1. The van der Waals surface area contributed by atoms with Crippen molar-refractivity contribution in [3.05, 3.63) is 40.6 Å². The van der Waals surface area contributed by atoms with E-state index in [0.29, 0.717) is 24.0 Å². The Bertz CT molecular complexity index is 942. The summed E-state index contributed by atoms with van der Waals surface area (Å²) < 4.78 is 19.6. The van der Waals surface area contributed by atoms with Crippen LogP contribution in [0.25, 0.3) is 10.9 Å². The van der Waals surface area contributed by atoms with Crippen LogP contribution in [0.4, 0.5) is 15.8 Å². The minimum Gasteiger partial charge on any atom is -0.365 e. The molecule has 4 rings (SSSR count). The highest BCUT2D eigenvalue weighted by Crippen LogP contribution is 2.33. The van der Waals surface area contributed by atoms with Crippen molar-refractivity contribution in [2.24, 2.45) is 0 Å². The molecule has 0 saturated carbocycles. The fourth-order valence-electron chi connectivity index (χ4n) is 3.92. The molecule has 154 valence electrons. The van der Waals surface area contributed by atoms with Crippen LogP contribution >= 0.6 is 0 Å². The van der Waals surface area contributed by atoms with Crippen LogP contribution in [0.3, 0.4) is 0 Å². The average Bonchev–Trinajstić information content (AvgIpc) is 3.10. The molecule has 2 saturated heterocycles. The first-order chi connectivity index (χ1) is 13.9. The second-order valence-corrected chi connectivity index (χ2v) is 7.39. The maximum absolute atomic E-state index is 13.8. The molecule has 1 amide bonds. The van der Waals surface area contributed by atoms with E-state index in [-0.39, 0.29) is 30.8 Å². The number of fused-ring (bicyclic) bond motifs is 1. The number of nitrogens with zero attached hydrogens (tertiary/aromatic N) is 3. The number of pyridine rings is 1. The number of nitrogens with one attached hydrogen (secondary N) is 2. The van der Waals surface area contributed by atoms with Crippen LogP contribution in [0.15, 0.2) is 30.5 Å². The summed E-state index contributed by atoms with van der Waals surface area (Å²) in [7, 11) is 0. The van der Waals surface area contributed by atoms with E-state index >= 15 is 0 Å². The van der Waals surface area contributed by atoms with Crippen molar-refractivity contribution in [3.63, 3.8) is 0 Å². The number of anilines is 1. The van der Waals surface area contributed by atoms with Crippen LogP contribution in [0.5, 0.6) is 0 Å². The summed E-state index contributed by atoms with van der Waals surface area (Å²) in [5.74, 6) is -0.359. The van der Waals surface area contributed by atoms with E-state index in [0.717, 1.165) is 5.69 Å². The van der Waals surface area contributed by atoms with Gasteiger partial charge in [-0.25, -0.2) is 9.37 Å². The summed E-state index contributed by atoms with van der Waals surface area (Å²) in [5, 5.41) is 17.6. The highest BCUT2D eigenvalue weighted by Gasteiger charge is 2.35. The number of carbonyl (C=O) groups excluding carboxylic acids is 1. The predicted molar refractivity (Wildman–Crippen MR) is 105 cm³/mol. The van der Waals surface area contributed by atoms with Gasteiger partial charge in [-0.15, -0.1) is 0 Å². The maximum atomic E-state index is 13.8. The molecule has 1 aromatic carbocycles. The zero-order chi connectivity index (χ0) is 20.5. The Labute approximate surface area is 166 Å². The van der Waals surface area contributed by atoms with Gasteiger partial charge in [-0.2, -0.15) is 0 Å². The zero-order valence-corrected chi connectivity index (χ0v) is 15.9. The standard InChI is InChI=1S/C19H22FN5O4/c1-11-9-24(10-17(29-11)19(26)23-14-8-21-7-13(14)20)15-4-5-16(25(27)28)18-12(15)3-2-6-22-18/h2-6,11,13-14,17,21H,7-10H2,1H3,(H,23,26). The molecule has 0 aliphatic carbocycles. The van der Waals surface area contributed by atoms with Gasteiger partial charge in [0.15, 0.2) is 6.10 Å². The summed E-state index contributed by atoms with van der Waals surface area (Å²) in [6, 6.07) is 6.03. The Morgan fingerprint density at radius 2 is 2.21 bits per heavy atom. The highest BCUT2D eigenvalue weighted by atomic mass is 19.1. The van der Waals surface area contributed by atoms with Crippen LogP contribution in [0.2, 0.25) is 0 Å². The molecule has 29 heavy (non-hydrogen) atoms. The lowest BCUT2D eigenvalue weighted by Crippen LogP contribution is -2.55. The highest BCUT2D eigenvalue weighted by molar-refractivity contribution is 5.97. The summed E-state index contributed by atoms with van der Waals surface area (Å²) in [6.45, 7) is 3.24. The van der Waals surface area contributed by atoms with E-state index in [9.17, 15) is 19.3 Å². The van der Waals surface area contributed by atoms with Crippen LogP contribution in [-0.4, -0.2) is 66.4 Å². The van der Waals surface area contributed by atoms with Gasteiger partial charge >= 0.3 is 0 Å². The molecule has 0 spiro atoms. The molecule has 0 bridgehead atoms. The number of hydrogen-bond acceptors (Lipinski definition) is 7. The van der Waals surface area contributed by atoms with Crippen molar-refractivity contribution >= 4 is 28.2 Å². The molecule has 4 atom stereocenters. The Balaban J connectivity index is 1.59. The SMILES string of the molecule is CC1CN(c2ccc([N+](=O)[O-])c3ncccc23)CC(C(=O)NC2CNCC2F)O1. The third kappa shape index (κ3) is 3.85. The summed E-state index contributed by atoms with van der Waals surface area (Å²) >= 11 is 0. The Morgan fingerprint density at radius 1 is 1.38 bits per heavy atom. The minimum atomic E-state index is -1.12. The number of ether oxygens (including phenoxy) is 1. The Morgan fingerprint density at radius 3 is 2.93 bits per heavy atom. The summed E-state index contributed by atoms with van der Waals surface area (Å²) in [6.07, 6.45) is -0.626. The lowest BCUT2D eigenvalue weighted by Gasteiger charge is -2.38. The van der Waals surface area contributed by atoms with Gasteiger partial charge in [0.2, 0.25) is 0 Å². The lowest BCUT2D eigenvalue weighted by molar-refractivity contribution is -0.383. The number of hydrogen-bond donors (Lipinski definition) is 2. The van der Waals surface area contributed by atoms with Gasteiger partial charge in [0.05, 0.1) is 23.6 Å². The van der Waals surface area contributed by atoms with E-state index in [2.05, 4.69) is 15.6 Å². The number of rotatable bonds is 4. The molecular weight excluding hydrogens is 381 g/mol. The second kappa shape index (κ2) is 7.88. The van der Waals surface area contributed by atoms with Gasteiger partial charge in [-0.3, -0.25) is 14.9 Å². The van der Waals surface area contributed by atoms with E-state index in [4.69, 9.17) is 4.74 Å². The number of benzene rings is 1. The molecule has 2 N–H and O–H groups in total. The van der Waals surface area contributed by atoms with Crippen molar-refractivity contribution in [3.8, 4) is 0 Å². The largest absolute Gasteiger partial charge is 0.365 e. The molecule has 0 radical (unpaired) electrons. The van der Waals surface area contributed by atoms with Crippen LogP contribution in [0, 0.1) is 10.1 Å². The average molecular weight is 403 g/mol. The van der Waals surface area contributed by atoms with Gasteiger partial charge in [-0.1, -0.05) is 0 Å². The van der Waals surface area contributed by atoms with Crippen molar-refractivity contribution in [2.45, 2.75) is 31.3 Å². The van der Waals surface area contributed by atoms with Crippen molar-refractivity contribution < 1.29 is 18.8 Å². The number of alkyl halides is 1. The summed E-state index contributed by atoms with van der Waals surface area (Å²) in [5.41, 5.74) is 0.979. The van der Waals surface area contributed by atoms with Gasteiger partial charge in [0.1, 0.15) is 11.7 Å². The number of non-ortho nitro benzene ring substituents is 1. The number of nitro groups is 1. The first-order valence-corrected chi connectivity index (χ1v) is 9.51. The smallest absolute Gasteiger partial charge is 0.295 e. The predicted octanol–water partition coefficient (Wildman–Crippen LogP) is 1.16. The first-order valence-electron chi connectivity index (χ1n) is 9.51. The van der Waals surface area contributed by atoms with Crippen LogP contribution in [0.1, 0.15) is 6.92 Å². The van der Waals surface area contributed by atoms with E-state index in [1.165, 1.54) is 12.3 Å². The lowest BCUT2D eigenvalue weighted by atomic mass is 10.1. The number of aromatic nitrogens is 1.